The number of piperazine rings is 1. The molecular weight excluding hydrogens is 326 g/mol. The van der Waals surface area contributed by atoms with Gasteiger partial charge in [0.15, 0.2) is 0 Å². The first-order valence-corrected chi connectivity index (χ1v) is 9.64. The summed E-state index contributed by atoms with van der Waals surface area (Å²) in [6, 6.07) is 11.0. The van der Waals surface area contributed by atoms with E-state index in [-0.39, 0.29) is 5.91 Å². The molecule has 3 rings (SSSR count). The minimum absolute atomic E-state index is 0.233. The highest BCUT2D eigenvalue weighted by atomic mass is 16.5. The maximum Gasteiger partial charge on any atom is 0.236 e. The van der Waals surface area contributed by atoms with Gasteiger partial charge in [0.25, 0.3) is 0 Å². The van der Waals surface area contributed by atoms with Crippen LogP contribution in [0.4, 0.5) is 0 Å². The van der Waals surface area contributed by atoms with E-state index in [1.807, 2.05) is 11.9 Å². The average molecular weight is 357 g/mol. The number of nitrogens with zero attached hydrogens (tertiary/aromatic N) is 3. The SMILES string of the molecule is CC(c1ccccc1)N1CCN(C(=O)CN(C)CC2=CCCOC2)CC1. The predicted octanol–water partition coefficient (Wildman–Crippen LogP) is 2.17. The van der Waals surface area contributed by atoms with Gasteiger partial charge in [-0.1, -0.05) is 36.4 Å². The van der Waals surface area contributed by atoms with Gasteiger partial charge in [0.05, 0.1) is 19.8 Å². The number of benzene rings is 1. The van der Waals surface area contributed by atoms with Crippen molar-refractivity contribution in [1.82, 2.24) is 14.7 Å². The Kier molecular flexibility index (Phi) is 6.83. The molecule has 0 aromatic heterocycles. The summed E-state index contributed by atoms with van der Waals surface area (Å²) >= 11 is 0. The van der Waals surface area contributed by atoms with E-state index in [4.69, 9.17) is 4.74 Å². The molecule has 1 amide bonds. The molecule has 2 heterocycles. The third kappa shape index (κ3) is 5.16. The van der Waals surface area contributed by atoms with Crippen LogP contribution in [0.5, 0.6) is 0 Å². The van der Waals surface area contributed by atoms with E-state index in [1.165, 1.54) is 11.1 Å². The van der Waals surface area contributed by atoms with Crippen molar-refractivity contribution in [3.8, 4) is 0 Å². The number of carbonyl (C=O) groups excluding carboxylic acids is 1. The highest BCUT2D eigenvalue weighted by Gasteiger charge is 2.25. The van der Waals surface area contributed by atoms with Gasteiger partial charge in [-0.25, -0.2) is 0 Å². The lowest BCUT2D eigenvalue weighted by Crippen LogP contribution is -2.51. The number of ether oxygens (including phenoxy) is 1. The second kappa shape index (κ2) is 9.31. The van der Waals surface area contributed by atoms with Crippen LogP contribution in [-0.2, 0) is 9.53 Å². The molecule has 1 atom stereocenters. The summed E-state index contributed by atoms with van der Waals surface area (Å²) in [5.41, 5.74) is 2.63. The fourth-order valence-electron chi connectivity index (χ4n) is 3.75. The van der Waals surface area contributed by atoms with Gasteiger partial charge < -0.3 is 9.64 Å². The Morgan fingerprint density at radius 3 is 2.58 bits per heavy atom. The van der Waals surface area contributed by atoms with Crippen LogP contribution in [-0.4, -0.2) is 80.1 Å². The van der Waals surface area contributed by atoms with E-state index in [0.717, 1.165) is 45.8 Å². The number of hydrogen-bond donors (Lipinski definition) is 0. The molecular formula is C21H31N3O2. The van der Waals surface area contributed by atoms with E-state index in [1.54, 1.807) is 0 Å². The maximum absolute atomic E-state index is 12.6. The van der Waals surface area contributed by atoms with E-state index < -0.39 is 0 Å². The van der Waals surface area contributed by atoms with Gasteiger partial charge in [0.1, 0.15) is 0 Å². The first kappa shape index (κ1) is 19.1. The van der Waals surface area contributed by atoms with E-state index in [0.29, 0.717) is 19.2 Å². The molecule has 2 aliphatic heterocycles. The van der Waals surface area contributed by atoms with Gasteiger partial charge in [0.2, 0.25) is 5.91 Å². The number of carbonyl (C=O) groups is 1. The Balaban J connectivity index is 1.43. The van der Waals surface area contributed by atoms with Gasteiger partial charge in [-0.15, -0.1) is 0 Å². The van der Waals surface area contributed by atoms with Crippen molar-refractivity contribution in [3.63, 3.8) is 0 Å². The van der Waals surface area contributed by atoms with Crippen molar-refractivity contribution in [3.05, 3.63) is 47.5 Å². The van der Waals surface area contributed by atoms with Crippen molar-refractivity contribution in [2.45, 2.75) is 19.4 Å². The lowest BCUT2D eigenvalue weighted by molar-refractivity contribution is -0.134. The molecule has 26 heavy (non-hydrogen) atoms. The van der Waals surface area contributed by atoms with Crippen LogP contribution in [0.3, 0.4) is 0 Å². The zero-order valence-corrected chi connectivity index (χ0v) is 16.1. The van der Waals surface area contributed by atoms with Crippen molar-refractivity contribution >= 4 is 5.91 Å². The molecule has 1 aromatic carbocycles. The molecule has 5 heteroatoms. The second-order valence-corrected chi connectivity index (χ2v) is 7.38. The van der Waals surface area contributed by atoms with Gasteiger partial charge in [-0.3, -0.25) is 14.6 Å². The Bertz CT molecular complexity index is 609. The molecule has 2 aliphatic rings. The zero-order valence-electron chi connectivity index (χ0n) is 16.1. The van der Waals surface area contributed by atoms with Gasteiger partial charge in [-0.05, 0) is 31.5 Å². The van der Waals surface area contributed by atoms with Gasteiger partial charge >= 0.3 is 0 Å². The highest BCUT2D eigenvalue weighted by Crippen LogP contribution is 2.21. The maximum atomic E-state index is 12.6. The van der Waals surface area contributed by atoms with E-state index in [9.17, 15) is 4.79 Å². The summed E-state index contributed by atoms with van der Waals surface area (Å²) in [6.07, 6.45) is 3.23. The van der Waals surface area contributed by atoms with Gasteiger partial charge in [-0.2, -0.15) is 0 Å². The van der Waals surface area contributed by atoms with Crippen molar-refractivity contribution in [2.75, 3.05) is 59.5 Å². The van der Waals surface area contributed by atoms with Crippen LogP contribution in [0.15, 0.2) is 42.0 Å². The molecule has 0 saturated carbocycles. The van der Waals surface area contributed by atoms with Crippen molar-refractivity contribution < 1.29 is 9.53 Å². The van der Waals surface area contributed by atoms with Crippen LogP contribution in [0.1, 0.15) is 24.9 Å². The van der Waals surface area contributed by atoms with E-state index >= 15 is 0 Å². The van der Waals surface area contributed by atoms with E-state index in [2.05, 4.69) is 53.1 Å². The summed E-state index contributed by atoms with van der Waals surface area (Å²) in [7, 11) is 2.01. The lowest BCUT2D eigenvalue weighted by Gasteiger charge is -2.38. The molecule has 0 N–H and O–H groups in total. The topological polar surface area (TPSA) is 36.0 Å². The quantitative estimate of drug-likeness (QED) is 0.731. The Hall–Kier alpha value is -1.69. The predicted molar refractivity (Wildman–Crippen MR) is 104 cm³/mol. The van der Waals surface area contributed by atoms with Crippen LogP contribution in [0.2, 0.25) is 0 Å². The largest absolute Gasteiger partial charge is 0.377 e. The molecule has 1 saturated heterocycles. The molecule has 5 nitrogen and oxygen atoms in total. The number of amides is 1. The van der Waals surface area contributed by atoms with Crippen LogP contribution >= 0.6 is 0 Å². The summed E-state index contributed by atoms with van der Waals surface area (Å²) in [5.74, 6) is 0.233. The average Bonchev–Trinajstić information content (AvgIpc) is 2.69. The van der Waals surface area contributed by atoms with Crippen molar-refractivity contribution in [2.24, 2.45) is 0 Å². The van der Waals surface area contributed by atoms with Gasteiger partial charge in [0, 0.05) is 38.8 Å². The minimum Gasteiger partial charge on any atom is -0.377 e. The van der Waals surface area contributed by atoms with Crippen molar-refractivity contribution in [1.29, 1.82) is 0 Å². The molecule has 142 valence electrons. The second-order valence-electron chi connectivity index (χ2n) is 7.38. The smallest absolute Gasteiger partial charge is 0.236 e. The zero-order chi connectivity index (χ0) is 18.4. The summed E-state index contributed by atoms with van der Waals surface area (Å²) in [6.45, 7) is 8.57. The summed E-state index contributed by atoms with van der Waals surface area (Å²) < 4.78 is 5.48. The normalized spacial score (nSPS) is 20.1. The van der Waals surface area contributed by atoms with Crippen LogP contribution in [0.25, 0.3) is 0 Å². The molecule has 1 fully saturated rings. The molecule has 0 radical (unpaired) electrons. The number of likely N-dealkylation sites (N-methyl/N-ethyl adjacent to an activating group) is 1. The summed E-state index contributed by atoms with van der Waals surface area (Å²) in [5, 5.41) is 0. The first-order valence-electron chi connectivity index (χ1n) is 9.64. The third-order valence-electron chi connectivity index (χ3n) is 5.36. The lowest BCUT2D eigenvalue weighted by atomic mass is 10.1. The Labute approximate surface area is 157 Å². The number of rotatable bonds is 6. The highest BCUT2D eigenvalue weighted by molar-refractivity contribution is 5.78. The Morgan fingerprint density at radius 2 is 1.92 bits per heavy atom. The monoisotopic (exact) mass is 357 g/mol. The fourth-order valence-corrected chi connectivity index (χ4v) is 3.75. The minimum atomic E-state index is 0.233. The third-order valence-corrected chi connectivity index (χ3v) is 5.36. The molecule has 0 spiro atoms. The molecule has 0 bridgehead atoms. The Morgan fingerprint density at radius 1 is 1.19 bits per heavy atom. The number of hydrogen-bond acceptors (Lipinski definition) is 4. The standard InChI is InChI=1S/C21H31N3O2/c1-18(20-8-4-3-5-9-20)23-10-12-24(13-11-23)21(25)16-22(2)15-19-7-6-14-26-17-19/h3-5,7-9,18H,6,10-17H2,1-2H3. The summed E-state index contributed by atoms with van der Waals surface area (Å²) in [4.78, 5) is 19.2. The van der Waals surface area contributed by atoms with Crippen LogP contribution in [0, 0.1) is 0 Å². The molecule has 1 aromatic rings. The fraction of sp³-hybridized carbons (Fsp3) is 0.571. The van der Waals surface area contributed by atoms with Crippen LogP contribution < -0.4 is 0 Å². The molecule has 0 aliphatic carbocycles. The molecule has 1 unspecified atom stereocenters. The first-order chi connectivity index (χ1) is 12.6.